The number of nitrogens with one attached hydrogen (secondary N) is 1. The van der Waals surface area contributed by atoms with E-state index in [1.807, 2.05) is 30.3 Å². The van der Waals surface area contributed by atoms with Gasteiger partial charge in [0.15, 0.2) is 0 Å². The van der Waals surface area contributed by atoms with Gasteiger partial charge >= 0.3 is 0 Å². The van der Waals surface area contributed by atoms with E-state index in [-0.39, 0.29) is 11.3 Å². The van der Waals surface area contributed by atoms with E-state index in [4.69, 9.17) is 4.74 Å². The molecule has 1 unspecified atom stereocenters. The lowest BCUT2D eigenvalue weighted by Gasteiger charge is -2.29. The minimum Gasteiger partial charge on any atom is -0.507 e. The van der Waals surface area contributed by atoms with Crippen LogP contribution in [0, 0.1) is 13.8 Å². The van der Waals surface area contributed by atoms with Crippen molar-refractivity contribution in [1.82, 2.24) is 20.0 Å². The summed E-state index contributed by atoms with van der Waals surface area (Å²) >= 11 is 0. The molecule has 1 aromatic carbocycles. The molecule has 3 heterocycles. The number of benzene rings is 1. The van der Waals surface area contributed by atoms with Crippen LogP contribution in [0.1, 0.15) is 35.0 Å². The molecule has 2 N–H and O–H groups in total. The van der Waals surface area contributed by atoms with Crippen LogP contribution >= 0.6 is 0 Å². The summed E-state index contributed by atoms with van der Waals surface area (Å²) < 4.78 is 5.39. The van der Waals surface area contributed by atoms with Gasteiger partial charge in [-0.05, 0) is 25.8 Å². The normalized spacial score (nSPS) is 21.7. The zero-order valence-electron chi connectivity index (χ0n) is 17.9. The molecular formula is C23H28N4O4. The van der Waals surface area contributed by atoms with Gasteiger partial charge in [-0.2, -0.15) is 5.10 Å². The number of carbonyl (C=O) groups is 2. The molecule has 4 rings (SSSR count). The highest BCUT2D eigenvalue weighted by molar-refractivity contribution is 6.46. The number of Topliss-reactive ketones (excluding diaryl/α,β-unsaturated/α-hetero) is 1. The average molecular weight is 425 g/mol. The largest absolute Gasteiger partial charge is 0.507 e. The predicted molar refractivity (Wildman–Crippen MR) is 115 cm³/mol. The molecule has 31 heavy (non-hydrogen) atoms. The average Bonchev–Trinajstić information content (AvgIpc) is 3.25. The lowest BCUT2D eigenvalue weighted by atomic mass is 9.94. The topological polar surface area (TPSA) is 98.8 Å². The molecular weight excluding hydrogens is 396 g/mol. The zero-order chi connectivity index (χ0) is 22.0. The number of aliphatic hydroxyl groups excluding tert-OH is 1. The summed E-state index contributed by atoms with van der Waals surface area (Å²) in [6.07, 6.45) is 0.736. The van der Waals surface area contributed by atoms with Gasteiger partial charge in [-0.15, -0.1) is 0 Å². The van der Waals surface area contributed by atoms with Crippen molar-refractivity contribution >= 4 is 17.4 Å². The number of hydrogen-bond acceptors (Lipinski definition) is 6. The summed E-state index contributed by atoms with van der Waals surface area (Å²) in [7, 11) is 0. The second-order valence-electron chi connectivity index (χ2n) is 8.02. The molecule has 0 bridgehead atoms. The summed E-state index contributed by atoms with van der Waals surface area (Å²) in [6.45, 7) is 7.99. The molecule has 1 aromatic heterocycles. The van der Waals surface area contributed by atoms with Crippen LogP contribution in [-0.4, -0.2) is 76.2 Å². The van der Waals surface area contributed by atoms with Gasteiger partial charge in [-0.1, -0.05) is 30.3 Å². The molecule has 1 amide bonds. The molecule has 0 spiro atoms. The van der Waals surface area contributed by atoms with Crippen molar-refractivity contribution in [3.8, 4) is 0 Å². The summed E-state index contributed by atoms with van der Waals surface area (Å²) in [4.78, 5) is 29.9. The Morgan fingerprint density at radius 1 is 1.16 bits per heavy atom. The van der Waals surface area contributed by atoms with E-state index in [0.29, 0.717) is 23.5 Å². The first kappa shape index (κ1) is 21.3. The molecule has 0 radical (unpaired) electrons. The lowest BCUT2D eigenvalue weighted by Crippen LogP contribution is -2.38. The van der Waals surface area contributed by atoms with E-state index >= 15 is 0 Å². The summed E-state index contributed by atoms with van der Waals surface area (Å²) in [5.74, 6) is -1.40. The van der Waals surface area contributed by atoms with E-state index in [0.717, 1.165) is 44.8 Å². The van der Waals surface area contributed by atoms with Crippen molar-refractivity contribution < 1.29 is 19.4 Å². The fourth-order valence-corrected chi connectivity index (χ4v) is 4.42. The molecule has 2 aliphatic rings. The number of rotatable bonds is 6. The van der Waals surface area contributed by atoms with Crippen molar-refractivity contribution in [3.05, 3.63) is 58.4 Å². The molecule has 2 aliphatic heterocycles. The number of aromatic amines is 1. The third-order valence-corrected chi connectivity index (χ3v) is 6.00. The maximum Gasteiger partial charge on any atom is 0.295 e. The first-order valence-corrected chi connectivity index (χ1v) is 10.6. The maximum atomic E-state index is 13.1. The number of H-pyrrole nitrogens is 1. The van der Waals surface area contributed by atoms with E-state index in [1.54, 1.807) is 18.7 Å². The van der Waals surface area contributed by atoms with Crippen LogP contribution in [0.15, 0.2) is 35.9 Å². The predicted octanol–water partition coefficient (Wildman–Crippen LogP) is 2.17. The summed E-state index contributed by atoms with van der Waals surface area (Å²) in [6, 6.07) is 8.77. The van der Waals surface area contributed by atoms with Crippen molar-refractivity contribution in [2.75, 3.05) is 39.4 Å². The Morgan fingerprint density at radius 2 is 1.87 bits per heavy atom. The Morgan fingerprint density at radius 3 is 2.52 bits per heavy atom. The number of carbonyl (C=O) groups excluding carboxylic acids is 2. The standard InChI is InChI=1S/C23H28N4O4/c1-15-18(16(2)25-24-15)21(28)19-20(17-7-4-3-5-8-17)27(23(30)22(19)29)10-6-9-26-11-13-31-14-12-26/h3-5,7-8,20,28H,6,9-14H2,1-2H3,(H,24,25)/b21-19+. The Bertz CT molecular complexity index is 973. The highest BCUT2D eigenvalue weighted by Gasteiger charge is 2.46. The number of ketones is 1. The van der Waals surface area contributed by atoms with Gasteiger partial charge in [0.2, 0.25) is 0 Å². The SMILES string of the molecule is Cc1n[nH]c(C)c1/C(O)=C1\C(=O)C(=O)N(CCCN2CCOCC2)C1c1ccccc1. The fourth-order valence-electron chi connectivity index (χ4n) is 4.42. The molecule has 2 saturated heterocycles. The van der Waals surface area contributed by atoms with Gasteiger partial charge in [-0.25, -0.2) is 0 Å². The van der Waals surface area contributed by atoms with Crippen LogP contribution in [0.3, 0.4) is 0 Å². The maximum absolute atomic E-state index is 13.1. The Kier molecular flexibility index (Phi) is 6.20. The number of amides is 1. The highest BCUT2D eigenvalue weighted by atomic mass is 16.5. The van der Waals surface area contributed by atoms with Crippen LogP contribution < -0.4 is 0 Å². The highest BCUT2D eigenvalue weighted by Crippen LogP contribution is 2.40. The molecule has 0 saturated carbocycles. The number of aliphatic hydroxyl groups is 1. The summed E-state index contributed by atoms with van der Waals surface area (Å²) in [5, 5.41) is 18.1. The van der Waals surface area contributed by atoms with Crippen LogP contribution in [0.5, 0.6) is 0 Å². The van der Waals surface area contributed by atoms with E-state index in [2.05, 4.69) is 15.1 Å². The first-order valence-electron chi connectivity index (χ1n) is 10.6. The van der Waals surface area contributed by atoms with Gasteiger partial charge in [0.05, 0.1) is 36.1 Å². The van der Waals surface area contributed by atoms with Crippen LogP contribution in [-0.2, 0) is 14.3 Å². The van der Waals surface area contributed by atoms with Crippen LogP contribution in [0.4, 0.5) is 0 Å². The number of hydrogen-bond donors (Lipinski definition) is 2. The van der Waals surface area contributed by atoms with Gasteiger partial charge in [0, 0.05) is 31.9 Å². The quantitative estimate of drug-likeness (QED) is 0.419. The fraction of sp³-hybridized carbons (Fsp3) is 0.435. The second-order valence-corrected chi connectivity index (χ2v) is 8.02. The third-order valence-electron chi connectivity index (χ3n) is 6.00. The van der Waals surface area contributed by atoms with Crippen LogP contribution in [0.2, 0.25) is 0 Å². The number of aromatic nitrogens is 2. The third kappa shape index (κ3) is 4.13. The Hall–Kier alpha value is -2.97. The molecule has 2 fully saturated rings. The van der Waals surface area contributed by atoms with Crippen molar-refractivity contribution in [3.63, 3.8) is 0 Å². The van der Waals surface area contributed by atoms with Gasteiger partial charge < -0.3 is 14.7 Å². The number of likely N-dealkylation sites (tertiary alicyclic amines) is 1. The van der Waals surface area contributed by atoms with E-state index < -0.39 is 17.7 Å². The van der Waals surface area contributed by atoms with Crippen molar-refractivity contribution in [2.24, 2.45) is 0 Å². The summed E-state index contributed by atoms with van der Waals surface area (Å²) in [5.41, 5.74) is 2.64. The van der Waals surface area contributed by atoms with E-state index in [1.165, 1.54) is 0 Å². The van der Waals surface area contributed by atoms with Gasteiger partial charge in [-0.3, -0.25) is 19.6 Å². The minimum atomic E-state index is -0.655. The van der Waals surface area contributed by atoms with Crippen molar-refractivity contribution in [1.29, 1.82) is 0 Å². The molecule has 164 valence electrons. The minimum absolute atomic E-state index is 0.121. The van der Waals surface area contributed by atoms with Gasteiger partial charge in [0.25, 0.3) is 11.7 Å². The molecule has 8 nitrogen and oxygen atoms in total. The monoisotopic (exact) mass is 424 g/mol. The second kappa shape index (κ2) is 9.03. The van der Waals surface area contributed by atoms with Crippen LogP contribution in [0.25, 0.3) is 5.76 Å². The number of aryl methyl sites for hydroxylation is 2. The Labute approximate surface area is 181 Å². The van der Waals surface area contributed by atoms with E-state index in [9.17, 15) is 14.7 Å². The first-order chi connectivity index (χ1) is 15.0. The smallest absolute Gasteiger partial charge is 0.295 e. The molecule has 0 aliphatic carbocycles. The number of nitrogens with zero attached hydrogens (tertiary/aromatic N) is 3. The number of ether oxygens (including phenoxy) is 1. The molecule has 2 aromatic rings. The zero-order valence-corrected chi connectivity index (χ0v) is 17.9. The number of morpholine rings is 1. The Balaban J connectivity index is 1.67. The molecule has 1 atom stereocenters. The van der Waals surface area contributed by atoms with Gasteiger partial charge in [0.1, 0.15) is 5.76 Å². The molecule has 8 heteroatoms. The van der Waals surface area contributed by atoms with Crippen molar-refractivity contribution in [2.45, 2.75) is 26.3 Å². The lowest BCUT2D eigenvalue weighted by molar-refractivity contribution is -0.140.